The van der Waals surface area contributed by atoms with Crippen LogP contribution in [-0.4, -0.2) is 26.2 Å². The second kappa shape index (κ2) is 6.99. The molecule has 0 spiro atoms. The summed E-state index contributed by atoms with van der Waals surface area (Å²) >= 11 is 3.48. The van der Waals surface area contributed by atoms with Gasteiger partial charge >= 0.3 is 0 Å². The molecule has 2 nitrogen and oxygen atoms in total. The molecule has 15 heavy (non-hydrogen) atoms. The van der Waals surface area contributed by atoms with Crippen molar-refractivity contribution in [3.8, 4) is 0 Å². The summed E-state index contributed by atoms with van der Waals surface area (Å²) in [4.78, 5) is 0. The lowest BCUT2D eigenvalue weighted by Crippen LogP contribution is -2.35. The molecule has 0 bridgehead atoms. The molecule has 84 valence electrons. The van der Waals surface area contributed by atoms with Gasteiger partial charge in [-0.3, -0.25) is 0 Å². The molecular formula is C12H19BrN2. The maximum Gasteiger partial charge on any atom is 0.0178 e. The summed E-state index contributed by atoms with van der Waals surface area (Å²) in [5, 5.41) is 6.63. The van der Waals surface area contributed by atoms with Crippen LogP contribution < -0.4 is 10.6 Å². The van der Waals surface area contributed by atoms with Gasteiger partial charge in [-0.1, -0.05) is 28.1 Å². The fourth-order valence-corrected chi connectivity index (χ4v) is 1.98. The van der Waals surface area contributed by atoms with Crippen molar-refractivity contribution in [3.63, 3.8) is 0 Å². The minimum atomic E-state index is 0.530. The molecule has 0 saturated carbocycles. The average Bonchev–Trinajstić information content (AvgIpc) is 2.18. The summed E-state index contributed by atoms with van der Waals surface area (Å²) in [6, 6.07) is 9.00. The Morgan fingerprint density at radius 2 is 2.20 bits per heavy atom. The van der Waals surface area contributed by atoms with E-state index in [1.54, 1.807) is 0 Å². The summed E-state index contributed by atoms with van der Waals surface area (Å²) in [7, 11) is 1.98. The van der Waals surface area contributed by atoms with Crippen LogP contribution in [0.25, 0.3) is 0 Å². The van der Waals surface area contributed by atoms with Crippen LogP contribution in [0.4, 0.5) is 0 Å². The molecule has 0 aliphatic rings. The largest absolute Gasteiger partial charge is 0.318 e. The Morgan fingerprint density at radius 1 is 1.40 bits per heavy atom. The molecule has 1 unspecified atom stereocenters. The zero-order valence-corrected chi connectivity index (χ0v) is 11.0. The quantitative estimate of drug-likeness (QED) is 0.828. The summed E-state index contributed by atoms with van der Waals surface area (Å²) in [5.74, 6) is 0. The molecule has 1 aromatic carbocycles. The van der Waals surface area contributed by atoms with E-state index in [2.05, 4.69) is 57.8 Å². The van der Waals surface area contributed by atoms with Crippen LogP contribution in [-0.2, 0) is 6.42 Å². The SMILES string of the molecule is CNCC(C)NCCc1cccc(Br)c1. The highest BCUT2D eigenvalue weighted by molar-refractivity contribution is 9.10. The van der Waals surface area contributed by atoms with Crippen molar-refractivity contribution in [3.05, 3.63) is 34.3 Å². The molecule has 0 fully saturated rings. The van der Waals surface area contributed by atoms with Gasteiger partial charge in [-0.2, -0.15) is 0 Å². The molecule has 1 aromatic rings. The first-order chi connectivity index (χ1) is 7.22. The highest BCUT2D eigenvalue weighted by Gasteiger charge is 1.99. The monoisotopic (exact) mass is 270 g/mol. The van der Waals surface area contributed by atoms with Crippen LogP contribution in [0.1, 0.15) is 12.5 Å². The average molecular weight is 271 g/mol. The predicted molar refractivity (Wildman–Crippen MR) is 69.2 cm³/mol. The first-order valence-electron chi connectivity index (χ1n) is 5.35. The van der Waals surface area contributed by atoms with Crippen LogP contribution in [0.2, 0.25) is 0 Å². The third-order valence-corrected chi connectivity index (χ3v) is 2.80. The number of likely N-dealkylation sites (N-methyl/N-ethyl adjacent to an activating group) is 1. The van der Waals surface area contributed by atoms with Gasteiger partial charge in [-0.05, 0) is 44.6 Å². The Kier molecular flexibility index (Phi) is 5.91. The van der Waals surface area contributed by atoms with Crippen molar-refractivity contribution in [1.29, 1.82) is 0 Å². The molecule has 1 atom stereocenters. The van der Waals surface area contributed by atoms with Crippen LogP contribution in [0.15, 0.2) is 28.7 Å². The number of rotatable bonds is 6. The third kappa shape index (κ3) is 5.30. The Hall–Kier alpha value is -0.380. The fourth-order valence-electron chi connectivity index (χ4n) is 1.53. The van der Waals surface area contributed by atoms with Crippen molar-refractivity contribution in [2.24, 2.45) is 0 Å². The van der Waals surface area contributed by atoms with Gasteiger partial charge in [0.2, 0.25) is 0 Å². The van der Waals surface area contributed by atoms with E-state index in [0.717, 1.165) is 24.0 Å². The maximum atomic E-state index is 3.48. The lowest BCUT2D eigenvalue weighted by atomic mass is 10.1. The predicted octanol–water partition coefficient (Wildman–Crippen LogP) is 2.19. The summed E-state index contributed by atoms with van der Waals surface area (Å²) < 4.78 is 1.16. The van der Waals surface area contributed by atoms with E-state index >= 15 is 0 Å². The molecule has 0 aliphatic heterocycles. The van der Waals surface area contributed by atoms with Gasteiger partial charge in [-0.15, -0.1) is 0 Å². The minimum absolute atomic E-state index is 0.530. The topological polar surface area (TPSA) is 24.1 Å². The number of benzene rings is 1. The van der Waals surface area contributed by atoms with E-state index in [1.807, 2.05) is 7.05 Å². The second-order valence-corrected chi connectivity index (χ2v) is 4.71. The number of hydrogen-bond donors (Lipinski definition) is 2. The number of halogens is 1. The summed E-state index contributed by atoms with van der Waals surface area (Å²) in [5.41, 5.74) is 1.37. The van der Waals surface area contributed by atoms with Crippen LogP contribution in [0.5, 0.6) is 0 Å². The van der Waals surface area contributed by atoms with Gasteiger partial charge in [0.05, 0.1) is 0 Å². The minimum Gasteiger partial charge on any atom is -0.318 e. The molecule has 0 aromatic heterocycles. The van der Waals surface area contributed by atoms with Crippen molar-refractivity contribution >= 4 is 15.9 Å². The zero-order valence-electron chi connectivity index (χ0n) is 9.39. The Morgan fingerprint density at radius 3 is 2.87 bits per heavy atom. The normalized spacial score (nSPS) is 12.7. The molecular weight excluding hydrogens is 252 g/mol. The molecule has 1 rings (SSSR count). The molecule has 0 aliphatic carbocycles. The van der Waals surface area contributed by atoms with E-state index in [4.69, 9.17) is 0 Å². The molecule has 0 saturated heterocycles. The molecule has 0 amide bonds. The van der Waals surface area contributed by atoms with Gasteiger partial charge < -0.3 is 10.6 Å². The second-order valence-electron chi connectivity index (χ2n) is 3.79. The number of nitrogens with one attached hydrogen (secondary N) is 2. The van der Waals surface area contributed by atoms with Crippen molar-refractivity contribution < 1.29 is 0 Å². The van der Waals surface area contributed by atoms with Gasteiger partial charge in [0, 0.05) is 17.1 Å². The zero-order chi connectivity index (χ0) is 11.1. The molecule has 3 heteroatoms. The third-order valence-electron chi connectivity index (χ3n) is 2.31. The fraction of sp³-hybridized carbons (Fsp3) is 0.500. The van der Waals surface area contributed by atoms with Crippen molar-refractivity contribution in [2.45, 2.75) is 19.4 Å². The molecule has 0 radical (unpaired) electrons. The highest BCUT2D eigenvalue weighted by atomic mass is 79.9. The van der Waals surface area contributed by atoms with Crippen LogP contribution >= 0.6 is 15.9 Å². The summed E-state index contributed by atoms with van der Waals surface area (Å²) in [6.07, 6.45) is 1.08. The Bertz CT molecular complexity index is 289. The lowest BCUT2D eigenvalue weighted by molar-refractivity contribution is 0.526. The number of hydrogen-bond acceptors (Lipinski definition) is 2. The molecule has 2 N–H and O–H groups in total. The van der Waals surface area contributed by atoms with E-state index in [1.165, 1.54) is 5.56 Å². The standard InChI is InChI=1S/C12H19BrN2/c1-10(9-14-2)15-7-6-11-4-3-5-12(13)8-11/h3-5,8,10,14-15H,6-7,9H2,1-2H3. The first-order valence-corrected chi connectivity index (χ1v) is 6.14. The van der Waals surface area contributed by atoms with E-state index in [9.17, 15) is 0 Å². The first kappa shape index (κ1) is 12.7. The van der Waals surface area contributed by atoms with Crippen LogP contribution in [0, 0.1) is 0 Å². The van der Waals surface area contributed by atoms with Gasteiger partial charge in [0.1, 0.15) is 0 Å². The Labute approximate surface area is 101 Å². The van der Waals surface area contributed by atoms with Gasteiger partial charge in [0.25, 0.3) is 0 Å². The molecule has 0 heterocycles. The van der Waals surface area contributed by atoms with E-state index in [-0.39, 0.29) is 0 Å². The maximum absolute atomic E-state index is 3.48. The highest BCUT2D eigenvalue weighted by Crippen LogP contribution is 2.11. The Balaban J connectivity index is 2.25. The van der Waals surface area contributed by atoms with Gasteiger partial charge in [0.15, 0.2) is 0 Å². The van der Waals surface area contributed by atoms with E-state index in [0.29, 0.717) is 6.04 Å². The van der Waals surface area contributed by atoms with Crippen molar-refractivity contribution in [1.82, 2.24) is 10.6 Å². The smallest absolute Gasteiger partial charge is 0.0178 e. The van der Waals surface area contributed by atoms with Crippen molar-refractivity contribution in [2.75, 3.05) is 20.1 Å². The van der Waals surface area contributed by atoms with E-state index < -0.39 is 0 Å². The lowest BCUT2D eigenvalue weighted by Gasteiger charge is -2.12. The summed E-state index contributed by atoms with van der Waals surface area (Å²) in [6.45, 7) is 4.23. The van der Waals surface area contributed by atoms with Gasteiger partial charge in [-0.25, -0.2) is 0 Å². The van der Waals surface area contributed by atoms with Crippen LogP contribution in [0.3, 0.4) is 0 Å².